The molecule has 0 amide bonds. The number of benzene rings is 1. The molecular weight excluding hydrogens is 282 g/mol. The van der Waals surface area contributed by atoms with Crippen LogP contribution in [0.2, 0.25) is 0 Å². The predicted octanol–water partition coefficient (Wildman–Crippen LogP) is 3.78. The number of hydrogen-bond donors (Lipinski definition) is 1. The van der Waals surface area contributed by atoms with Crippen LogP contribution in [-0.2, 0) is 6.42 Å². The van der Waals surface area contributed by atoms with Crippen LogP contribution in [0.25, 0.3) is 11.4 Å². The summed E-state index contributed by atoms with van der Waals surface area (Å²) in [5.74, 6) is 2.46. The van der Waals surface area contributed by atoms with Gasteiger partial charge in [-0.3, -0.25) is 0 Å². The fourth-order valence-corrected chi connectivity index (χ4v) is 2.79. The smallest absolute Gasteiger partial charge is 0.227 e. The molecule has 21 heavy (non-hydrogen) atoms. The van der Waals surface area contributed by atoms with Gasteiger partial charge in [-0.2, -0.15) is 4.98 Å². The van der Waals surface area contributed by atoms with Crippen molar-refractivity contribution >= 4 is 11.8 Å². The van der Waals surface area contributed by atoms with Gasteiger partial charge in [0.05, 0.1) is 0 Å². The van der Waals surface area contributed by atoms with Crippen LogP contribution < -0.4 is 5.32 Å². The van der Waals surface area contributed by atoms with Crippen LogP contribution in [0.4, 0.5) is 0 Å². The topological polar surface area (TPSA) is 51.0 Å². The van der Waals surface area contributed by atoms with Crippen LogP contribution in [0, 0.1) is 0 Å². The summed E-state index contributed by atoms with van der Waals surface area (Å²) in [7, 11) is 0. The van der Waals surface area contributed by atoms with Crippen LogP contribution in [0.3, 0.4) is 0 Å². The zero-order chi connectivity index (χ0) is 15.1. The Kier molecular flexibility index (Phi) is 6.26. The highest BCUT2D eigenvalue weighted by atomic mass is 32.2. The first-order valence-corrected chi connectivity index (χ1v) is 8.50. The highest BCUT2D eigenvalue weighted by molar-refractivity contribution is 7.99. The van der Waals surface area contributed by atoms with E-state index in [4.69, 9.17) is 4.52 Å². The molecule has 1 heterocycles. The molecule has 2 aromatic rings. The minimum Gasteiger partial charge on any atom is -0.339 e. The summed E-state index contributed by atoms with van der Waals surface area (Å²) in [5, 5.41) is 7.45. The Balaban J connectivity index is 1.95. The number of aromatic nitrogens is 2. The van der Waals surface area contributed by atoms with Crippen molar-refractivity contribution in [3.63, 3.8) is 0 Å². The second-order valence-corrected chi connectivity index (χ2v) is 6.30. The average Bonchev–Trinajstić information content (AvgIpc) is 2.95. The van der Waals surface area contributed by atoms with E-state index in [1.54, 1.807) is 0 Å². The van der Waals surface area contributed by atoms with Crippen molar-refractivity contribution < 1.29 is 4.52 Å². The Morgan fingerprint density at radius 2 is 2.00 bits per heavy atom. The molecule has 5 heteroatoms. The predicted molar refractivity (Wildman–Crippen MR) is 87.6 cm³/mol. The van der Waals surface area contributed by atoms with Gasteiger partial charge in [0.25, 0.3) is 0 Å². The van der Waals surface area contributed by atoms with Crippen LogP contribution in [0.1, 0.15) is 33.1 Å². The maximum absolute atomic E-state index is 5.33. The molecule has 0 aliphatic carbocycles. The molecule has 0 aliphatic rings. The van der Waals surface area contributed by atoms with E-state index in [9.17, 15) is 0 Å². The van der Waals surface area contributed by atoms with Crippen molar-refractivity contribution in [1.82, 2.24) is 15.5 Å². The van der Waals surface area contributed by atoms with E-state index in [1.165, 1.54) is 4.90 Å². The van der Waals surface area contributed by atoms with Crippen LogP contribution in [0.15, 0.2) is 33.7 Å². The number of nitrogens with zero attached hydrogens (tertiary/aromatic N) is 2. The van der Waals surface area contributed by atoms with Gasteiger partial charge in [-0.05, 0) is 49.9 Å². The largest absolute Gasteiger partial charge is 0.339 e. The highest BCUT2D eigenvalue weighted by Crippen LogP contribution is 2.22. The van der Waals surface area contributed by atoms with Gasteiger partial charge >= 0.3 is 0 Å². The zero-order valence-electron chi connectivity index (χ0n) is 12.9. The van der Waals surface area contributed by atoms with E-state index in [0.717, 1.165) is 30.7 Å². The first-order chi connectivity index (χ1) is 10.2. The number of thioether (sulfide) groups is 1. The summed E-state index contributed by atoms with van der Waals surface area (Å²) in [6.45, 7) is 7.42. The first-order valence-electron chi connectivity index (χ1n) is 7.52. The van der Waals surface area contributed by atoms with E-state index in [2.05, 4.69) is 48.4 Å². The molecule has 0 saturated heterocycles. The average molecular weight is 305 g/mol. The van der Waals surface area contributed by atoms with Crippen molar-refractivity contribution in [2.75, 3.05) is 12.3 Å². The number of hydrogen-bond acceptors (Lipinski definition) is 5. The van der Waals surface area contributed by atoms with Gasteiger partial charge in [-0.25, -0.2) is 0 Å². The normalized spacial score (nSPS) is 12.5. The minimum absolute atomic E-state index is 0.468. The number of nitrogens with one attached hydrogen (secondary N) is 1. The van der Waals surface area contributed by atoms with Crippen molar-refractivity contribution in [2.45, 2.75) is 44.6 Å². The molecule has 0 spiro atoms. The number of rotatable bonds is 8. The Morgan fingerprint density at radius 3 is 2.67 bits per heavy atom. The van der Waals surface area contributed by atoms with Gasteiger partial charge in [0, 0.05) is 22.9 Å². The lowest BCUT2D eigenvalue weighted by Gasteiger charge is -2.09. The molecular formula is C16H23N3OS. The van der Waals surface area contributed by atoms with E-state index >= 15 is 0 Å². The van der Waals surface area contributed by atoms with Crippen molar-refractivity contribution in [1.29, 1.82) is 0 Å². The van der Waals surface area contributed by atoms with Crippen LogP contribution in [-0.4, -0.2) is 28.5 Å². The molecule has 0 bridgehead atoms. The molecule has 1 aromatic heterocycles. The maximum atomic E-state index is 5.33. The Labute approximate surface area is 130 Å². The van der Waals surface area contributed by atoms with Crippen LogP contribution in [0.5, 0.6) is 0 Å². The fraction of sp³-hybridized carbons (Fsp3) is 0.500. The summed E-state index contributed by atoms with van der Waals surface area (Å²) >= 11 is 1.83. The molecule has 0 aliphatic heterocycles. The van der Waals surface area contributed by atoms with Gasteiger partial charge in [-0.1, -0.05) is 19.0 Å². The van der Waals surface area contributed by atoms with E-state index in [0.29, 0.717) is 17.8 Å². The molecule has 1 atom stereocenters. The van der Waals surface area contributed by atoms with Gasteiger partial charge in [0.2, 0.25) is 11.7 Å². The summed E-state index contributed by atoms with van der Waals surface area (Å²) < 4.78 is 5.33. The monoisotopic (exact) mass is 305 g/mol. The minimum atomic E-state index is 0.468. The SMILES string of the molecule is CCNC(C)CCc1nc(-c2ccc(SCC)cc2)no1. The number of aryl methyl sites for hydroxylation is 1. The van der Waals surface area contributed by atoms with Gasteiger partial charge < -0.3 is 9.84 Å². The molecule has 4 nitrogen and oxygen atoms in total. The molecule has 114 valence electrons. The lowest BCUT2D eigenvalue weighted by atomic mass is 10.2. The van der Waals surface area contributed by atoms with Gasteiger partial charge in [0.1, 0.15) is 0 Å². The maximum Gasteiger partial charge on any atom is 0.227 e. The third-order valence-corrected chi connectivity index (χ3v) is 4.13. The molecule has 1 N–H and O–H groups in total. The molecule has 0 saturated carbocycles. The third-order valence-electron chi connectivity index (χ3n) is 3.24. The summed E-state index contributed by atoms with van der Waals surface area (Å²) in [5.41, 5.74) is 1.00. The summed E-state index contributed by atoms with van der Waals surface area (Å²) in [6.07, 6.45) is 1.81. The van der Waals surface area contributed by atoms with E-state index in [1.807, 2.05) is 23.9 Å². The van der Waals surface area contributed by atoms with Crippen molar-refractivity contribution in [2.24, 2.45) is 0 Å². The van der Waals surface area contributed by atoms with Crippen molar-refractivity contribution in [3.05, 3.63) is 30.2 Å². The quantitative estimate of drug-likeness (QED) is 0.752. The Bertz CT molecular complexity index is 539. The molecule has 2 rings (SSSR count). The molecule has 1 aromatic carbocycles. The van der Waals surface area contributed by atoms with E-state index in [-0.39, 0.29) is 0 Å². The van der Waals surface area contributed by atoms with Gasteiger partial charge in [0.15, 0.2) is 0 Å². The highest BCUT2D eigenvalue weighted by Gasteiger charge is 2.10. The zero-order valence-corrected chi connectivity index (χ0v) is 13.7. The van der Waals surface area contributed by atoms with Gasteiger partial charge in [-0.15, -0.1) is 11.8 Å². The van der Waals surface area contributed by atoms with E-state index < -0.39 is 0 Å². The lowest BCUT2D eigenvalue weighted by molar-refractivity contribution is 0.368. The first kappa shape index (κ1) is 16.0. The standard InChI is InChI=1S/C16H23N3OS/c1-4-17-12(3)6-11-15-18-16(19-20-15)13-7-9-14(10-8-13)21-5-2/h7-10,12,17H,4-6,11H2,1-3H3. The molecule has 1 unspecified atom stereocenters. The van der Waals surface area contributed by atoms with Crippen LogP contribution >= 0.6 is 11.8 Å². The third kappa shape index (κ3) is 4.86. The molecule has 0 radical (unpaired) electrons. The second kappa shape index (κ2) is 8.20. The fourth-order valence-electron chi connectivity index (χ4n) is 2.13. The van der Waals surface area contributed by atoms with Crippen molar-refractivity contribution in [3.8, 4) is 11.4 Å². The summed E-state index contributed by atoms with van der Waals surface area (Å²) in [4.78, 5) is 5.74. The summed E-state index contributed by atoms with van der Waals surface area (Å²) in [6, 6.07) is 8.78. The Morgan fingerprint density at radius 1 is 1.24 bits per heavy atom. The second-order valence-electron chi connectivity index (χ2n) is 4.97. The molecule has 0 fully saturated rings. The Hall–Kier alpha value is -1.33. The lowest BCUT2D eigenvalue weighted by Crippen LogP contribution is -2.25.